The second-order valence-electron chi connectivity index (χ2n) is 3.97. The fourth-order valence-corrected chi connectivity index (χ4v) is 2.04. The number of nitrogens with zero attached hydrogens (tertiary/aromatic N) is 1. The monoisotopic (exact) mass is 237 g/mol. The molecule has 1 aromatic carbocycles. The third-order valence-electron chi connectivity index (χ3n) is 2.88. The number of rotatable bonds is 4. The van der Waals surface area contributed by atoms with Crippen LogP contribution in [0.3, 0.4) is 0 Å². The molecule has 1 N–H and O–H groups in total. The maximum Gasteiger partial charge on any atom is 0.183 e. The Hall–Kier alpha value is -1.10. The number of hydrogen-bond donors (Lipinski definition) is 1. The Balaban J connectivity index is 2.19. The Bertz CT molecular complexity index is 350. The second kappa shape index (κ2) is 6.00. The third kappa shape index (κ3) is 2.97. The van der Waals surface area contributed by atoms with Crippen LogP contribution in [0.5, 0.6) is 0 Å². The fourth-order valence-electron chi connectivity index (χ4n) is 2.04. The van der Waals surface area contributed by atoms with Crippen LogP contribution >= 0.6 is 0 Å². The van der Waals surface area contributed by atoms with Gasteiger partial charge in [-0.25, -0.2) is 0 Å². The minimum Gasteiger partial charge on any atom is -0.378 e. The maximum absolute atomic E-state index is 9.95. The molecule has 1 fully saturated rings. The molecule has 4 heteroatoms. The lowest BCUT2D eigenvalue weighted by atomic mass is 10.1. The molecule has 0 aromatic heterocycles. The Kier molecular flexibility index (Phi) is 4.36. The molecule has 0 amide bonds. The van der Waals surface area contributed by atoms with E-state index in [2.05, 4.69) is 4.90 Å². The van der Waals surface area contributed by atoms with E-state index in [-0.39, 0.29) is 0 Å². The molecule has 1 atom stereocenters. The normalized spacial score (nSPS) is 18.1. The van der Waals surface area contributed by atoms with E-state index in [0.717, 1.165) is 37.6 Å². The third-order valence-corrected chi connectivity index (χ3v) is 2.88. The van der Waals surface area contributed by atoms with E-state index in [1.807, 2.05) is 31.2 Å². The van der Waals surface area contributed by atoms with Gasteiger partial charge in [0.05, 0.1) is 13.2 Å². The summed E-state index contributed by atoms with van der Waals surface area (Å²) in [5.41, 5.74) is 1.87. The van der Waals surface area contributed by atoms with Gasteiger partial charge in [-0.1, -0.05) is 18.2 Å². The van der Waals surface area contributed by atoms with Crippen LogP contribution in [-0.2, 0) is 9.47 Å². The summed E-state index contributed by atoms with van der Waals surface area (Å²) >= 11 is 0. The van der Waals surface area contributed by atoms with Crippen LogP contribution in [-0.4, -0.2) is 38.0 Å². The number of benzene rings is 1. The molecule has 94 valence electrons. The minimum absolute atomic E-state index is 0.499. The summed E-state index contributed by atoms with van der Waals surface area (Å²) in [6.07, 6.45) is -0.848. The Labute approximate surface area is 102 Å². The van der Waals surface area contributed by atoms with Crippen molar-refractivity contribution >= 4 is 5.69 Å². The number of ether oxygens (including phenoxy) is 2. The predicted octanol–water partition coefficient (Wildman–Crippen LogP) is 1.55. The zero-order chi connectivity index (χ0) is 12.1. The summed E-state index contributed by atoms with van der Waals surface area (Å²) in [4.78, 5) is 2.22. The lowest BCUT2D eigenvalue weighted by Crippen LogP contribution is -2.37. The van der Waals surface area contributed by atoms with Gasteiger partial charge in [0.2, 0.25) is 0 Å². The molecule has 0 spiro atoms. The summed E-state index contributed by atoms with van der Waals surface area (Å²) in [6.45, 7) is 5.56. The van der Waals surface area contributed by atoms with E-state index in [9.17, 15) is 5.11 Å². The van der Waals surface area contributed by atoms with Crippen molar-refractivity contribution in [3.05, 3.63) is 29.8 Å². The quantitative estimate of drug-likeness (QED) is 0.807. The fraction of sp³-hybridized carbons (Fsp3) is 0.538. The van der Waals surface area contributed by atoms with Gasteiger partial charge in [-0.2, -0.15) is 0 Å². The first-order valence-corrected chi connectivity index (χ1v) is 6.04. The van der Waals surface area contributed by atoms with Gasteiger partial charge in [0.25, 0.3) is 0 Å². The molecule has 1 saturated heterocycles. The molecule has 0 saturated carbocycles. The van der Waals surface area contributed by atoms with Gasteiger partial charge >= 0.3 is 0 Å². The van der Waals surface area contributed by atoms with Gasteiger partial charge < -0.3 is 19.5 Å². The molecule has 2 rings (SSSR count). The Morgan fingerprint density at radius 3 is 2.76 bits per heavy atom. The highest BCUT2D eigenvalue weighted by atomic mass is 16.6. The highest BCUT2D eigenvalue weighted by molar-refractivity contribution is 5.54. The van der Waals surface area contributed by atoms with Crippen LogP contribution in [0.1, 0.15) is 18.8 Å². The van der Waals surface area contributed by atoms with Crippen molar-refractivity contribution in [2.45, 2.75) is 13.2 Å². The summed E-state index contributed by atoms with van der Waals surface area (Å²) in [7, 11) is 0. The SMILES string of the molecule is CCOC(O)c1ccccc1N1CCOCC1. The van der Waals surface area contributed by atoms with Gasteiger partial charge in [-0.15, -0.1) is 0 Å². The number of para-hydroxylation sites is 1. The van der Waals surface area contributed by atoms with Gasteiger partial charge in [0, 0.05) is 30.9 Å². The summed E-state index contributed by atoms with van der Waals surface area (Å²) < 4.78 is 10.6. The van der Waals surface area contributed by atoms with E-state index in [1.165, 1.54) is 0 Å². The molecule has 4 nitrogen and oxygen atoms in total. The van der Waals surface area contributed by atoms with Crippen molar-refractivity contribution in [2.24, 2.45) is 0 Å². The van der Waals surface area contributed by atoms with Crippen molar-refractivity contribution in [1.82, 2.24) is 0 Å². The minimum atomic E-state index is -0.848. The molecule has 1 heterocycles. The molecule has 0 bridgehead atoms. The average Bonchev–Trinajstić information content (AvgIpc) is 2.40. The molecular formula is C13H19NO3. The number of anilines is 1. The topological polar surface area (TPSA) is 41.9 Å². The molecule has 1 aliphatic heterocycles. The zero-order valence-electron chi connectivity index (χ0n) is 10.1. The van der Waals surface area contributed by atoms with Gasteiger partial charge in [-0.3, -0.25) is 0 Å². The van der Waals surface area contributed by atoms with Crippen molar-refractivity contribution in [1.29, 1.82) is 0 Å². The standard InChI is InChI=1S/C13H19NO3/c1-2-17-13(15)11-5-3-4-6-12(11)14-7-9-16-10-8-14/h3-6,13,15H,2,7-10H2,1H3. The van der Waals surface area contributed by atoms with Gasteiger partial charge in [-0.05, 0) is 13.0 Å². The Morgan fingerprint density at radius 2 is 2.06 bits per heavy atom. The summed E-state index contributed by atoms with van der Waals surface area (Å²) in [5.74, 6) is 0. The van der Waals surface area contributed by atoms with E-state index in [0.29, 0.717) is 6.61 Å². The summed E-state index contributed by atoms with van der Waals surface area (Å²) in [5, 5.41) is 9.95. The molecule has 1 aliphatic rings. The number of morpholine rings is 1. The Morgan fingerprint density at radius 1 is 1.35 bits per heavy atom. The lowest BCUT2D eigenvalue weighted by molar-refractivity contribution is -0.0976. The second-order valence-corrected chi connectivity index (χ2v) is 3.97. The van der Waals surface area contributed by atoms with Crippen LogP contribution in [0.4, 0.5) is 5.69 Å². The number of aliphatic hydroxyl groups excluding tert-OH is 1. The van der Waals surface area contributed by atoms with E-state index < -0.39 is 6.29 Å². The molecular weight excluding hydrogens is 218 g/mol. The van der Waals surface area contributed by atoms with Crippen LogP contribution in [0.2, 0.25) is 0 Å². The van der Waals surface area contributed by atoms with Crippen LogP contribution < -0.4 is 4.90 Å². The van der Waals surface area contributed by atoms with E-state index in [4.69, 9.17) is 9.47 Å². The molecule has 1 unspecified atom stereocenters. The van der Waals surface area contributed by atoms with Crippen LogP contribution in [0.15, 0.2) is 24.3 Å². The highest BCUT2D eigenvalue weighted by Crippen LogP contribution is 2.27. The smallest absolute Gasteiger partial charge is 0.183 e. The van der Waals surface area contributed by atoms with Gasteiger partial charge in [0.1, 0.15) is 0 Å². The van der Waals surface area contributed by atoms with Crippen LogP contribution in [0, 0.1) is 0 Å². The largest absolute Gasteiger partial charge is 0.378 e. The average molecular weight is 237 g/mol. The molecule has 17 heavy (non-hydrogen) atoms. The van der Waals surface area contributed by atoms with Gasteiger partial charge in [0.15, 0.2) is 6.29 Å². The molecule has 0 aliphatic carbocycles. The number of hydrogen-bond acceptors (Lipinski definition) is 4. The first-order chi connectivity index (χ1) is 8.33. The van der Waals surface area contributed by atoms with Crippen molar-refractivity contribution in [2.75, 3.05) is 37.8 Å². The zero-order valence-corrected chi connectivity index (χ0v) is 10.1. The van der Waals surface area contributed by atoms with E-state index >= 15 is 0 Å². The molecule has 0 radical (unpaired) electrons. The number of aliphatic hydroxyl groups is 1. The summed E-state index contributed by atoms with van der Waals surface area (Å²) in [6, 6.07) is 7.82. The first-order valence-electron chi connectivity index (χ1n) is 6.04. The van der Waals surface area contributed by atoms with Crippen molar-refractivity contribution in [3.63, 3.8) is 0 Å². The maximum atomic E-state index is 9.95. The van der Waals surface area contributed by atoms with Crippen molar-refractivity contribution < 1.29 is 14.6 Å². The van der Waals surface area contributed by atoms with Crippen molar-refractivity contribution in [3.8, 4) is 0 Å². The lowest BCUT2D eigenvalue weighted by Gasteiger charge is -2.31. The van der Waals surface area contributed by atoms with Crippen LogP contribution in [0.25, 0.3) is 0 Å². The first kappa shape index (κ1) is 12.4. The van der Waals surface area contributed by atoms with E-state index in [1.54, 1.807) is 0 Å². The predicted molar refractivity (Wildman–Crippen MR) is 66.1 cm³/mol. The molecule has 1 aromatic rings. The highest BCUT2D eigenvalue weighted by Gasteiger charge is 2.18.